The Labute approximate surface area is 88.0 Å². The number of rotatable bonds is 4. The van der Waals surface area contributed by atoms with E-state index in [2.05, 4.69) is 0 Å². The molecule has 2 atom stereocenters. The van der Waals surface area contributed by atoms with Crippen LogP contribution >= 0.6 is 0 Å². The topological polar surface area (TPSA) is 110 Å². The monoisotopic (exact) mass is 219 g/mol. The normalized spacial score (nSPS) is 15.5. The van der Waals surface area contributed by atoms with Crippen molar-refractivity contribution in [1.82, 2.24) is 0 Å². The largest absolute Gasteiger partial charge is 0.480 e. The van der Waals surface area contributed by atoms with Gasteiger partial charge in [0.1, 0.15) is 17.6 Å². The standard InChI is InChI=1S/C9H17NO5/c1-9(2,3)15-8(14)5(4-11)6(10)7(12)13/h5-6,11H,4,10H2,1-3H3,(H,12,13). The van der Waals surface area contributed by atoms with Crippen LogP contribution in [0.15, 0.2) is 0 Å². The predicted octanol–water partition coefficient (Wildman–Crippen LogP) is -0.651. The number of esters is 1. The maximum atomic E-state index is 11.4. The minimum Gasteiger partial charge on any atom is -0.480 e. The third kappa shape index (κ3) is 4.75. The van der Waals surface area contributed by atoms with Crippen LogP contribution in [0.5, 0.6) is 0 Å². The molecule has 0 radical (unpaired) electrons. The molecule has 0 aliphatic rings. The van der Waals surface area contributed by atoms with E-state index < -0.39 is 36.1 Å². The van der Waals surface area contributed by atoms with Gasteiger partial charge in [-0.15, -0.1) is 0 Å². The van der Waals surface area contributed by atoms with Crippen LogP contribution in [-0.4, -0.2) is 40.4 Å². The zero-order valence-corrected chi connectivity index (χ0v) is 9.06. The van der Waals surface area contributed by atoms with Crippen LogP contribution in [0, 0.1) is 5.92 Å². The maximum absolute atomic E-state index is 11.4. The molecule has 88 valence electrons. The highest BCUT2D eigenvalue weighted by atomic mass is 16.6. The van der Waals surface area contributed by atoms with E-state index in [9.17, 15) is 9.59 Å². The molecule has 0 saturated carbocycles. The summed E-state index contributed by atoms with van der Waals surface area (Å²) in [7, 11) is 0. The van der Waals surface area contributed by atoms with Gasteiger partial charge in [-0.3, -0.25) is 9.59 Å². The molecule has 15 heavy (non-hydrogen) atoms. The Bertz CT molecular complexity index is 245. The minimum absolute atomic E-state index is 0.650. The number of nitrogens with two attached hydrogens (primary N) is 1. The molecular formula is C9H17NO5. The van der Waals surface area contributed by atoms with Crippen molar-refractivity contribution in [2.24, 2.45) is 11.7 Å². The Kier molecular flexibility index (Phi) is 4.70. The van der Waals surface area contributed by atoms with Crippen LogP contribution in [0.3, 0.4) is 0 Å². The van der Waals surface area contributed by atoms with Gasteiger partial charge in [-0.05, 0) is 20.8 Å². The highest BCUT2D eigenvalue weighted by Gasteiger charge is 2.33. The van der Waals surface area contributed by atoms with Crippen molar-refractivity contribution in [1.29, 1.82) is 0 Å². The fourth-order valence-corrected chi connectivity index (χ4v) is 0.884. The number of ether oxygens (including phenoxy) is 1. The van der Waals surface area contributed by atoms with E-state index in [1.54, 1.807) is 20.8 Å². The van der Waals surface area contributed by atoms with Gasteiger partial charge in [0.25, 0.3) is 0 Å². The molecule has 0 heterocycles. The molecule has 2 unspecified atom stereocenters. The van der Waals surface area contributed by atoms with E-state index in [-0.39, 0.29) is 0 Å². The maximum Gasteiger partial charge on any atom is 0.321 e. The summed E-state index contributed by atoms with van der Waals surface area (Å²) in [6.45, 7) is 4.28. The molecule has 0 bridgehead atoms. The first-order chi connectivity index (χ1) is 6.69. The van der Waals surface area contributed by atoms with Crippen molar-refractivity contribution in [2.45, 2.75) is 32.4 Å². The molecule has 0 amide bonds. The fourth-order valence-electron chi connectivity index (χ4n) is 0.884. The number of hydrogen-bond acceptors (Lipinski definition) is 5. The number of aliphatic hydroxyl groups is 1. The molecule has 0 aromatic rings. The molecule has 6 heteroatoms. The van der Waals surface area contributed by atoms with Crippen LogP contribution in [0.2, 0.25) is 0 Å². The highest BCUT2D eigenvalue weighted by molar-refractivity contribution is 5.83. The van der Waals surface area contributed by atoms with Crippen molar-refractivity contribution in [3.05, 3.63) is 0 Å². The van der Waals surface area contributed by atoms with Gasteiger partial charge in [-0.1, -0.05) is 0 Å². The van der Waals surface area contributed by atoms with Crippen molar-refractivity contribution in [2.75, 3.05) is 6.61 Å². The lowest BCUT2D eigenvalue weighted by Gasteiger charge is -2.24. The number of carboxylic acid groups (broad SMARTS) is 1. The van der Waals surface area contributed by atoms with Crippen molar-refractivity contribution in [3.63, 3.8) is 0 Å². The summed E-state index contributed by atoms with van der Waals surface area (Å²) in [5.41, 5.74) is 4.50. The van der Waals surface area contributed by atoms with Crippen LogP contribution in [0.4, 0.5) is 0 Å². The Balaban J connectivity index is 4.55. The smallest absolute Gasteiger partial charge is 0.321 e. The molecule has 0 saturated heterocycles. The minimum atomic E-state index is -1.45. The fraction of sp³-hybridized carbons (Fsp3) is 0.778. The molecule has 0 rings (SSSR count). The van der Waals surface area contributed by atoms with Gasteiger partial charge in [0.15, 0.2) is 0 Å². The first-order valence-corrected chi connectivity index (χ1v) is 4.51. The molecule has 0 aliphatic carbocycles. The van der Waals surface area contributed by atoms with Gasteiger partial charge >= 0.3 is 11.9 Å². The SMILES string of the molecule is CC(C)(C)OC(=O)C(CO)C(N)C(=O)O. The lowest BCUT2D eigenvalue weighted by Crippen LogP contribution is -2.46. The molecule has 0 spiro atoms. The Morgan fingerprint density at radius 3 is 2.13 bits per heavy atom. The number of carbonyl (C=O) groups excluding carboxylic acids is 1. The molecular weight excluding hydrogens is 202 g/mol. The van der Waals surface area contributed by atoms with Gasteiger partial charge < -0.3 is 20.7 Å². The van der Waals surface area contributed by atoms with Crippen molar-refractivity contribution < 1.29 is 24.5 Å². The van der Waals surface area contributed by atoms with Crippen LogP contribution < -0.4 is 5.73 Å². The van der Waals surface area contributed by atoms with Crippen molar-refractivity contribution in [3.8, 4) is 0 Å². The Morgan fingerprint density at radius 1 is 1.40 bits per heavy atom. The first kappa shape index (κ1) is 13.9. The number of aliphatic carboxylic acids is 1. The van der Waals surface area contributed by atoms with Crippen molar-refractivity contribution >= 4 is 11.9 Å². The molecule has 0 aromatic carbocycles. The van der Waals surface area contributed by atoms with E-state index in [0.717, 1.165) is 0 Å². The number of carboxylic acids is 1. The molecule has 6 nitrogen and oxygen atoms in total. The third-order valence-corrected chi connectivity index (χ3v) is 1.62. The summed E-state index contributed by atoms with van der Waals surface area (Å²) < 4.78 is 4.92. The lowest BCUT2D eigenvalue weighted by molar-refractivity contribution is -0.165. The number of aliphatic hydroxyl groups excluding tert-OH is 1. The first-order valence-electron chi connectivity index (χ1n) is 4.51. The average Bonchev–Trinajstić information content (AvgIpc) is 2.01. The van der Waals surface area contributed by atoms with Gasteiger partial charge in [-0.25, -0.2) is 0 Å². The van der Waals surface area contributed by atoms with Crippen LogP contribution in [-0.2, 0) is 14.3 Å². The second-order valence-corrected chi connectivity index (χ2v) is 4.19. The zero-order chi connectivity index (χ0) is 12.2. The highest BCUT2D eigenvalue weighted by Crippen LogP contribution is 2.13. The summed E-state index contributed by atoms with van der Waals surface area (Å²) in [4.78, 5) is 21.9. The Hall–Kier alpha value is -1.14. The van der Waals surface area contributed by atoms with Crippen LogP contribution in [0.25, 0.3) is 0 Å². The summed E-state index contributed by atoms with van der Waals surface area (Å²) in [6, 6.07) is -1.45. The van der Waals surface area contributed by atoms with Gasteiger partial charge in [0.05, 0.1) is 6.61 Å². The predicted molar refractivity (Wildman–Crippen MR) is 52.0 cm³/mol. The van der Waals surface area contributed by atoms with E-state index >= 15 is 0 Å². The molecule has 0 fully saturated rings. The Morgan fingerprint density at radius 2 is 1.87 bits per heavy atom. The van der Waals surface area contributed by atoms with E-state index in [4.69, 9.17) is 20.7 Å². The van der Waals surface area contributed by atoms with Gasteiger partial charge in [0.2, 0.25) is 0 Å². The number of carbonyl (C=O) groups is 2. The van der Waals surface area contributed by atoms with Gasteiger partial charge in [-0.2, -0.15) is 0 Å². The van der Waals surface area contributed by atoms with Gasteiger partial charge in [0, 0.05) is 0 Å². The molecule has 0 aromatic heterocycles. The molecule has 4 N–H and O–H groups in total. The third-order valence-electron chi connectivity index (χ3n) is 1.62. The summed E-state index contributed by atoms with van der Waals surface area (Å²) in [6.07, 6.45) is 0. The van der Waals surface area contributed by atoms with E-state index in [1.807, 2.05) is 0 Å². The average molecular weight is 219 g/mol. The van der Waals surface area contributed by atoms with E-state index in [0.29, 0.717) is 0 Å². The number of hydrogen-bond donors (Lipinski definition) is 3. The molecule has 0 aliphatic heterocycles. The van der Waals surface area contributed by atoms with E-state index in [1.165, 1.54) is 0 Å². The lowest BCUT2D eigenvalue weighted by atomic mass is 10.0. The van der Waals surface area contributed by atoms with Crippen LogP contribution in [0.1, 0.15) is 20.8 Å². The second kappa shape index (κ2) is 5.09. The zero-order valence-electron chi connectivity index (χ0n) is 9.06. The quantitative estimate of drug-likeness (QED) is 0.542. The summed E-state index contributed by atoms with van der Waals surface area (Å²) >= 11 is 0. The summed E-state index contributed by atoms with van der Waals surface area (Å²) in [5, 5.41) is 17.5. The summed E-state index contributed by atoms with van der Waals surface area (Å²) in [5.74, 6) is -3.39. The second-order valence-electron chi connectivity index (χ2n) is 4.19.